The zero-order chi connectivity index (χ0) is 9.28. The topological polar surface area (TPSA) is 35.1 Å². The Kier molecular flexibility index (Phi) is 3.03. The van der Waals surface area contributed by atoms with Gasteiger partial charge in [-0.15, -0.1) is 13.2 Å². The van der Waals surface area contributed by atoms with E-state index in [-0.39, 0.29) is 4.72 Å². The summed E-state index contributed by atoms with van der Waals surface area (Å²) in [5.41, 5.74) is -5.39. The first-order chi connectivity index (χ1) is 4.63. The Labute approximate surface area is 59.9 Å². The van der Waals surface area contributed by atoms with Crippen molar-refractivity contribution in [3.8, 4) is 0 Å². The molecule has 1 unspecified atom stereocenters. The van der Waals surface area contributed by atoms with E-state index in [0.29, 0.717) is 0 Å². The van der Waals surface area contributed by atoms with Crippen molar-refractivity contribution >= 4 is 11.4 Å². The molecule has 0 rings (SSSR count). The fourth-order valence-corrected chi connectivity index (χ4v) is 0.489. The zero-order valence-corrected chi connectivity index (χ0v) is 5.40. The van der Waals surface area contributed by atoms with Crippen molar-refractivity contribution in [1.29, 1.82) is 0 Å². The second-order valence-electron chi connectivity index (χ2n) is 1.31. The normalized spacial score (nSPS) is 16.6. The highest BCUT2D eigenvalue weighted by Gasteiger charge is 2.51. The van der Waals surface area contributed by atoms with E-state index in [9.17, 15) is 30.9 Å². The molecule has 0 aromatic heterocycles. The lowest BCUT2D eigenvalue weighted by molar-refractivity contribution is -0.143. The quantitative estimate of drug-likeness (QED) is 0.394. The summed E-state index contributed by atoms with van der Waals surface area (Å²) in [4.78, 5) is 0. The van der Waals surface area contributed by atoms with E-state index in [1.54, 1.807) is 0 Å². The van der Waals surface area contributed by atoms with Gasteiger partial charge in [-0.05, 0) is 4.72 Å². The smallest absolute Gasteiger partial charge is 0.590 e. The minimum absolute atomic E-state index is 0.0938. The van der Waals surface area contributed by atoms with Gasteiger partial charge in [0.2, 0.25) is 0 Å². The Balaban J connectivity index is 3.99. The lowest BCUT2D eigenvalue weighted by Crippen LogP contribution is -2.44. The van der Waals surface area contributed by atoms with Crippen LogP contribution in [0.4, 0.5) is 26.3 Å². The second kappa shape index (κ2) is 3.07. The minimum atomic E-state index is -5.39. The van der Waals surface area contributed by atoms with Crippen LogP contribution >= 0.6 is 0 Å². The van der Waals surface area contributed by atoms with Crippen molar-refractivity contribution in [2.24, 2.45) is 0 Å². The van der Waals surface area contributed by atoms with Gasteiger partial charge in [0, 0.05) is 0 Å². The molecule has 0 amide bonds. The third-order valence-electron chi connectivity index (χ3n) is 0.419. The maximum Gasteiger partial charge on any atom is 0.593 e. The van der Waals surface area contributed by atoms with Gasteiger partial charge in [-0.2, -0.15) is 13.2 Å². The van der Waals surface area contributed by atoms with Crippen LogP contribution in [-0.4, -0.2) is 16.4 Å². The van der Waals surface area contributed by atoms with E-state index in [0.717, 1.165) is 0 Å². The molecule has 0 heterocycles. The third kappa shape index (κ3) is 5.16. The summed E-state index contributed by atoms with van der Waals surface area (Å²) in [5, 5.41) is 0. The van der Waals surface area contributed by atoms with Gasteiger partial charge in [-0.3, -0.25) is 0 Å². The highest BCUT2D eigenvalue weighted by Crippen LogP contribution is 2.24. The van der Waals surface area contributed by atoms with E-state index in [4.69, 9.17) is 0 Å². The molecule has 0 aliphatic carbocycles. The molecule has 0 saturated carbocycles. The van der Waals surface area contributed by atoms with Crippen molar-refractivity contribution in [2.45, 2.75) is 11.8 Å². The molecule has 1 atom stereocenters. The predicted octanol–water partition coefficient (Wildman–Crippen LogP) is 1.28. The molecule has 0 saturated heterocycles. The number of hydrogen-bond donors (Lipinski definition) is 1. The first kappa shape index (κ1) is 10.8. The SMILES string of the molecule is [O-][S+](NC(F)(F)F)C(F)(F)F. The van der Waals surface area contributed by atoms with Crippen molar-refractivity contribution in [3.63, 3.8) is 0 Å². The molecule has 9 heteroatoms. The van der Waals surface area contributed by atoms with Gasteiger partial charge in [-0.1, -0.05) is 0 Å². The van der Waals surface area contributed by atoms with Crippen LogP contribution in [0.3, 0.4) is 0 Å². The molecular formula is C2HF6NOS. The number of nitrogens with one attached hydrogen (secondary N) is 1. The van der Waals surface area contributed by atoms with Gasteiger partial charge < -0.3 is 4.55 Å². The molecule has 0 spiro atoms. The van der Waals surface area contributed by atoms with Crippen LogP contribution in [0.1, 0.15) is 0 Å². The largest absolute Gasteiger partial charge is 0.593 e. The molecule has 0 radical (unpaired) electrons. The number of halogens is 6. The fraction of sp³-hybridized carbons (Fsp3) is 1.00. The summed E-state index contributed by atoms with van der Waals surface area (Å²) >= 11 is -4.08. The molecule has 1 N–H and O–H groups in total. The Morgan fingerprint density at radius 1 is 1.00 bits per heavy atom. The number of rotatable bonds is 1. The number of hydrogen-bond acceptors (Lipinski definition) is 2. The second-order valence-corrected chi connectivity index (χ2v) is 2.52. The maximum atomic E-state index is 11.1. The molecule has 0 bridgehead atoms. The Hall–Kier alpha value is -0.150. The van der Waals surface area contributed by atoms with Crippen molar-refractivity contribution < 1.29 is 30.9 Å². The van der Waals surface area contributed by atoms with Crippen LogP contribution in [0.2, 0.25) is 0 Å². The van der Waals surface area contributed by atoms with Gasteiger partial charge in [0.05, 0.1) is 0 Å². The third-order valence-corrected chi connectivity index (χ3v) is 1.26. The van der Waals surface area contributed by atoms with Gasteiger partial charge in [0.15, 0.2) is 11.4 Å². The molecule has 0 fully saturated rings. The van der Waals surface area contributed by atoms with Crippen molar-refractivity contribution in [3.05, 3.63) is 0 Å². The summed E-state index contributed by atoms with van der Waals surface area (Å²) < 4.78 is 76.0. The standard InChI is InChI=1S/C2HF6NOS/c3-1(4,5)9-11(10)2(6,7)8/h9H. The van der Waals surface area contributed by atoms with E-state index < -0.39 is 23.2 Å². The lowest BCUT2D eigenvalue weighted by atomic mass is 11.3. The highest BCUT2D eigenvalue weighted by molar-refractivity contribution is 7.90. The Bertz CT molecular complexity index is 130. The summed E-state index contributed by atoms with van der Waals surface area (Å²) in [6.45, 7) is 0. The maximum absolute atomic E-state index is 11.1. The van der Waals surface area contributed by atoms with Crippen LogP contribution < -0.4 is 4.72 Å². The van der Waals surface area contributed by atoms with Crippen molar-refractivity contribution in [2.75, 3.05) is 0 Å². The molecule has 68 valence electrons. The predicted molar refractivity (Wildman–Crippen MR) is 23.4 cm³/mol. The minimum Gasteiger partial charge on any atom is -0.590 e. The molecule has 0 aliphatic rings. The molecule has 2 nitrogen and oxygen atoms in total. The average molecular weight is 201 g/mol. The zero-order valence-electron chi connectivity index (χ0n) is 4.58. The Morgan fingerprint density at radius 2 is 1.36 bits per heavy atom. The summed E-state index contributed by atoms with van der Waals surface area (Å²) in [6, 6.07) is 0. The van der Waals surface area contributed by atoms with Gasteiger partial charge >= 0.3 is 11.8 Å². The van der Waals surface area contributed by atoms with Crippen LogP contribution in [0.5, 0.6) is 0 Å². The molecule has 0 aliphatic heterocycles. The summed E-state index contributed by atoms with van der Waals surface area (Å²) in [7, 11) is 0. The fourth-order valence-electron chi connectivity index (χ4n) is 0.163. The molecule has 0 aromatic rings. The van der Waals surface area contributed by atoms with Gasteiger partial charge in [-0.25, -0.2) is 0 Å². The first-order valence-corrected chi connectivity index (χ1v) is 3.11. The van der Waals surface area contributed by atoms with Crippen LogP contribution in [0, 0.1) is 0 Å². The van der Waals surface area contributed by atoms with Crippen LogP contribution in [0.25, 0.3) is 0 Å². The molecule has 11 heavy (non-hydrogen) atoms. The summed E-state index contributed by atoms with van der Waals surface area (Å²) in [5.74, 6) is 0. The monoisotopic (exact) mass is 201 g/mol. The van der Waals surface area contributed by atoms with Gasteiger partial charge in [0.25, 0.3) is 0 Å². The van der Waals surface area contributed by atoms with E-state index in [1.807, 2.05) is 0 Å². The van der Waals surface area contributed by atoms with E-state index in [1.165, 1.54) is 0 Å². The highest BCUT2D eigenvalue weighted by atomic mass is 32.2. The first-order valence-electron chi connectivity index (χ1n) is 1.96. The molecule has 0 aromatic carbocycles. The van der Waals surface area contributed by atoms with E-state index >= 15 is 0 Å². The van der Waals surface area contributed by atoms with Crippen LogP contribution in [-0.2, 0) is 11.4 Å². The average Bonchev–Trinajstić information content (AvgIpc) is 1.56. The van der Waals surface area contributed by atoms with E-state index in [2.05, 4.69) is 0 Å². The lowest BCUT2D eigenvalue weighted by Gasteiger charge is -2.13. The van der Waals surface area contributed by atoms with Gasteiger partial charge in [0.1, 0.15) is 0 Å². The number of alkyl halides is 6. The Morgan fingerprint density at radius 3 is 1.45 bits per heavy atom. The van der Waals surface area contributed by atoms with Crippen molar-refractivity contribution in [1.82, 2.24) is 4.72 Å². The summed E-state index contributed by atoms with van der Waals surface area (Å²) in [6.07, 6.45) is -5.29. The molecular weight excluding hydrogens is 200 g/mol. The van der Waals surface area contributed by atoms with Crippen LogP contribution in [0.15, 0.2) is 0 Å².